The van der Waals surface area contributed by atoms with Gasteiger partial charge in [-0.2, -0.15) is 0 Å². The number of benzene rings is 1. The highest BCUT2D eigenvalue weighted by Crippen LogP contribution is 2.42. The molecule has 1 saturated carbocycles. The maximum atomic E-state index is 12.9. The van der Waals surface area contributed by atoms with E-state index in [9.17, 15) is 24.3 Å². The minimum atomic E-state index is -1.21. The van der Waals surface area contributed by atoms with Crippen LogP contribution in [0.25, 0.3) is 10.2 Å². The molecule has 3 aromatic rings. The number of allylic oxidation sites excluding steroid dienone is 1. The predicted molar refractivity (Wildman–Crippen MR) is 156 cm³/mol. The van der Waals surface area contributed by atoms with E-state index in [1.807, 2.05) is 29.2 Å². The first-order chi connectivity index (χ1) is 19.9. The molecule has 3 N–H and O–H groups in total. The Morgan fingerprint density at radius 2 is 2.07 bits per heavy atom. The molecule has 1 aromatic carbocycles. The Hall–Kier alpha value is -3.62. The van der Waals surface area contributed by atoms with Crippen molar-refractivity contribution in [2.45, 2.75) is 41.1 Å². The minimum Gasteiger partial charge on any atom is -0.477 e. The zero-order valence-electron chi connectivity index (χ0n) is 21.7. The van der Waals surface area contributed by atoms with Gasteiger partial charge in [0.05, 0.1) is 22.3 Å². The second kappa shape index (κ2) is 11.7. The van der Waals surface area contributed by atoms with Crippen molar-refractivity contribution in [1.29, 1.82) is 0 Å². The first kappa shape index (κ1) is 27.5. The number of nitrogens with one attached hydrogen (secondary N) is 2. The predicted octanol–water partition coefficient (Wildman–Crippen LogP) is 2.86. The molecular formula is C27H26N6O5S3. The summed E-state index contributed by atoms with van der Waals surface area (Å²) in [5.74, 6) is -1.53. The van der Waals surface area contributed by atoms with Crippen LogP contribution >= 0.6 is 34.9 Å². The second-order valence-corrected chi connectivity index (χ2v) is 13.1. The molecule has 4 aliphatic rings. The molecule has 41 heavy (non-hydrogen) atoms. The molecule has 14 heteroatoms. The monoisotopic (exact) mass is 610 g/mol. The number of thioether (sulfide) groups is 2. The van der Waals surface area contributed by atoms with Gasteiger partial charge in [-0.25, -0.2) is 14.8 Å². The number of likely N-dealkylation sites (tertiary alicyclic amines) is 1. The van der Waals surface area contributed by atoms with Crippen LogP contribution in [0.4, 0.5) is 0 Å². The minimum absolute atomic E-state index is 0.0347. The number of carboxylic acids is 1. The Labute approximate surface area is 247 Å². The van der Waals surface area contributed by atoms with Gasteiger partial charge in [0.25, 0.3) is 5.91 Å². The van der Waals surface area contributed by atoms with Crippen molar-refractivity contribution in [1.82, 2.24) is 30.1 Å². The molecule has 2 atom stereocenters. The summed E-state index contributed by atoms with van der Waals surface area (Å²) in [6.45, 7) is 0.659. The maximum absolute atomic E-state index is 12.9. The number of aromatic nitrogens is 3. The van der Waals surface area contributed by atoms with E-state index >= 15 is 0 Å². The molecule has 2 saturated heterocycles. The third-order valence-corrected chi connectivity index (χ3v) is 10.5. The number of carboxylic acid groups (broad SMARTS) is 1. The Morgan fingerprint density at radius 3 is 2.76 bits per heavy atom. The molecule has 0 bridgehead atoms. The molecule has 5 heterocycles. The summed E-state index contributed by atoms with van der Waals surface area (Å²) in [6.07, 6.45) is 9.37. The molecule has 212 valence electrons. The highest BCUT2D eigenvalue weighted by Gasteiger charge is 2.54. The number of thiazole rings is 1. The standard InChI is InChI=1S/C24H22N4O5S3.C3H4N2/c29-17(11-35-24-25-15-3-1-2-4-16(15)36-24)26-18-21(31)28-19(23(32)33)13(10-34-22(18)28)9-12-7-8-27(20(12)30)14-5-6-14;1-2-5-3-4-1/h1-4,9,14,18,22H,5-8,10-11H2,(H,26,29)(H,32,33);1-3H,(H,4,5)/t18-,22-;/m1./s1. The number of hydrogen-bond acceptors (Lipinski definition) is 9. The van der Waals surface area contributed by atoms with E-state index < -0.39 is 23.3 Å². The molecular weight excluding hydrogens is 585 g/mol. The highest BCUT2D eigenvalue weighted by molar-refractivity contribution is 8.01. The second-order valence-electron chi connectivity index (χ2n) is 9.78. The first-order valence-corrected chi connectivity index (χ1v) is 15.9. The molecule has 7 rings (SSSR count). The normalized spacial score (nSPS) is 22.9. The van der Waals surface area contributed by atoms with E-state index in [0.717, 1.165) is 27.4 Å². The van der Waals surface area contributed by atoms with Crippen LogP contribution in [-0.2, 0) is 19.2 Å². The number of amides is 3. The van der Waals surface area contributed by atoms with Gasteiger partial charge in [0, 0.05) is 36.3 Å². The molecule has 0 spiro atoms. The van der Waals surface area contributed by atoms with Gasteiger partial charge in [0.2, 0.25) is 11.8 Å². The number of rotatable bonds is 7. The van der Waals surface area contributed by atoms with Crippen molar-refractivity contribution in [3.05, 3.63) is 65.9 Å². The molecule has 2 aromatic heterocycles. The van der Waals surface area contributed by atoms with Gasteiger partial charge in [-0.1, -0.05) is 23.9 Å². The van der Waals surface area contributed by atoms with Gasteiger partial charge in [-0.15, -0.1) is 23.1 Å². The average Bonchev–Trinajstić information content (AvgIpc) is 3.32. The number of β-lactam (4-membered cyclic amide) rings is 1. The summed E-state index contributed by atoms with van der Waals surface area (Å²) in [5.41, 5.74) is 1.85. The number of carbonyl (C=O) groups is 4. The van der Waals surface area contributed by atoms with Gasteiger partial charge >= 0.3 is 5.97 Å². The summed E-state index contributed by atoms with van der Waals surface area (Å²) in [5, 5.41) is 12.2. The fourth-order valence-corrected chi connectivity index (χ4v) is 8.12. The van der Waals surface area contributed by atoms with Gasteiger partial charge in [-0.05, 0) is 43.0 Å². The van der Waals surface area contributed by atoms with E-state index in [1.54, 1.807) is 24.8 Å². The number of fused-ring (bicyclic) bond motifs is 2. The van der Waals surface area contributed by atoms with Gasteiger partial charge < -0.3 is 20.3 Å². The Balaban J connectivity index is 0.000000548. The number of imidazole rings is 1. The van der Waals surface area contributed by atoms with Crippen molar-refractivity contribution in [3.63, 3.8) is 0 Å². The van der Waals surface area contributed by atoms with E-state index in [2.05, 4.69) is 20.3 Å². The number of para-hydroxylation sites is 1. The highest BCUT2D eigenvalue weighted by atomic mass is 32.2. The van der Waals surface area contributed by atoms with Crippen LogP contribution < -0.4 is 5.32 Å². The summed E-state index contributed by atoms with van der Waals surface area (Å²) in [7, 11) is 0. The van der Waals surface area contributed by atoms with E-state index in [0.29, 0.717) is 35.9 Å². The zero-order chi connectivity index (χ0) is 28.5. The molecule has 0 unspecified atom stereocenters. The summed E-state index contributed by atoms with van der Waals surface area (Å²) < 4.78 is 1.82. The average molecular weight is 611 g/mol. The number of hydrogen-bond donors (Lipinski definition) is 3. The lowest BCUT2D eigenvalue weighted by Gasteiger charge is -2.49. The largest absolute Gasteiger partial charge is 0.477 e. The molecule has 11 nitrogen and oxygen atoms in total. The quantitative estimate of drug-likeness (QED) is 0.209. The number of H-pyrrole nitrogens is 1. The first-order valence-electron chi connectivity index (χ1n) is 13.0. The topological polar surface area (TPSA) is 149 Å². The van der Waals surface area contributed by atoms with Crippen molar-refractivity contribution in [3.8, 4) is 0 Å². The molecule has 0 radical (unpaired) electrons. The summed E-state index contributed by atoms with van der Waals surface area (Å²) in [6, 6.07) is 7.28. The van der Waals surface area contributed by atoms with Crippen molar-refractivity contribution in [2.75, 3.05) is 18.1 Å². The third kappa shape index (κ3) is 5.76. The number of aliphatic carboxylic acids is 1. The van der Waals surface area contributed by atoms with Gasteiger partial charge in [0.1, 0.15) is 17.1 Å². The van der Waals surface area contributed by atoms with Crippen LogP contribution in [0.5, 0.6) is 0 Å². The van der Waals surface area contributed by atoms with Crippen LogP contribution in [0.1, 0.15) is 19.3 Å². The third-order valence-electron chi connectivity index (χ3n) is 7.02. The van der Waals surface area contributed by atoms with Gasteiger partial charge in [0.15, 0.2) is 4.34 Å². The number of nitrogens with zero attached hydrogens (tertiary/aromatic N) is 4. The lowest BCUT2D eigenvalue weighted by molar-refractivity contribution is -0.150. The maximum Gasteiger partial charge on any atom is 0.352 e. The van der Waals surface area contributed by atoms with Gasteiger partial charge in [-0.3, -0.25) is 19.3 Å². The van der Waals surface area contributed by atoms with Crippen molar-refractivity contribution < 1.29 is 24.3 Å². The molecule has 3 amide bonds. The molecule has 1 aliphatic carbocycles. The SMILES string of the molecule is O=C(CSc1nc2ccccc2s1)N[C@@H]1C(=O)N2C(C(=O)O)=C(C=C3CCN(C4CC4)C3=O)CS[C@H]12.c1c[nH]cn1. The Bertz CT molecular complexity index is 1510. The van der Waals surface area contributed by atoms with Crippen molar-refractivity contribution >= 4 is 68.8 Å². The number of aromatic amines is 1. The molecule has 3 fully saturated rings. The Kier molecular flexibility index (Phi) is 7.86. The summed E-state index contributed by atoms with van der Waals surface area (Å²) >= 11 is 4.22. The summed E-state index contributed by atoms with van der Waals surface area (Å²) in [4.78, 5) is 64.3. The lowest BCUT2D eigenvalue weighted by Crippen LogP contribution is -2.70. The van der Waals surface area contributed by atoms with Crippen molar-refractivity contribution in [2.24, 2.45) is 0 Å². The van der Waals surface area contributed by atoms with Crippen LogP contribution in [0.15, 0.2) is 70.2 Å². The van der Waals surface area contributed by atoms with E-state index in [4.69, 9.17) is 0 Å². The smallest absolute Gasteiger partial charge is 0.352 e. The molecule has 3 aliphatic heterocycles. The fourth-order valence-electron chi connectivity index (χ4n) is 4.94. The fraction of sp³-hybridized carbons (Fsp3) is 0.333. The van der Waals surface area contributed by atoms with Crippen LogP contribution in [-0.4, -0.2) is 89.1 Å². The van der Waals surface area contributed by atoms with Crippen LogP contribution in [0.2, 0.25) is 0 Å². The lowest BCUT2D eigenvalue weighted by atomic mass is 10.0. The van der Waals surface area contributed by atoms with E-state index in [-0.39, 0.29) is 23.3 Å². The number of carbonyl (C=O) groups excluding carboxylic acids is 3. The van der Waals surface area contributed by atoms with E-state index in [1.165, 1.54) is 39.8 Å². The van der Waals surface area contributed by atoms with Crippen LogP contribution in [0, 0.1) is 0 Å². The Morgan fingerprint density at radius 1 is 1.24 bits per heavy atom. The zero-order valence-corrected chi connectivity index (χ0v) is 24.1. The van der Waals surface area contributed by atoms with Crippen LogP contribution in [0.3, 0.4) is 0 Å².